The lowest BCUT2D eigenvalue weighted by molar-refractivity contribution is 0.433. The van der Waals surface area contributed by atoms with Crippen LogP contribution in [0.15, 0.2) is 4.42 Å². The zero-order valence-corrected chi connectivity index (χ0v) is 6.16. The molecule has 0 aliphatic rings. The van der Waals surface area contributed by atoms with Crippen LogP contribution in [0.2, 0.25) is 0 Å². The Morgan fingerprint density at radius 3 is 2.50 bits per heavy atom. The predicted molar refractivity (Wildman–Crippen MR) is 36.3 cm³/mol. The molecule has 0 amide bonds. The third-order valence-electron chi connectivity index (χ3n) is 1.15. The van der Waals surface area contributed by atoms with Gasteiger partial charge in [0.05, 0.1) is 6.54 Å². The Kier molecular flexibility index (Phi) is 2.01. The lowest BCUT2D eigenvalue weighted by Crippen LogP contribution is -1.95. The molecular weight excluding hydrogens is 130 g/mol. The van der Waals surface area contributed by atoms with E-state index < -0.39 is 0 Å². The van der Waals surface area contributed by atoms with Crippen LogP contribution in [0.5, 0.6) is 0 Å². The number of hydrogen-bond acceptors (Lipinski definition) is 4. The van der Waals surface area contributed by atoms with Crippen LogP contribution in [0.25, 0.3) is 0 Å². The van der Waals surface area contributed by atoms with Gasteiger partial charge in [-0.15, -0.1) is 10.2 Å². The fraction of sp³-hybridized carbons (Fsp3) is 0.667. The largest absolute Gasteiger partial charge is 0.424 e. The molecule has 1 rings (SSSR count). The van der Waals surface area contributed by atoms with Crippen molar-refractivity contribution in [3.8, 4) is 0 Å². The minimum Gasteiger partial charge on any atom is -0.424 e. The molecule has 1 aromatic rings. The first-order chi connectivity index (χ1) is 4.74. The van der Waals surface area contributed by atoms with Crippen LogP contribution in [0.3, 0.4) is 0 Å². The van der Waals surface area contributed by atoms with Crippen LogP contribution < -0.4 is 5.73 Å². The lowest BCUT2D eigenvalue weighted by atomic mass is 10.2. The fourth-order valence-corrected chi connectivity index (χ4v) is 0.582. The van der Waals surface area contributed by atoms with Crippen molar-refractivity contribution in [1.29, 1.82) is 0 Å². The van der Waals surface area contributed by atoms with Gasteiger partial charge in [-0.3, -0.25) is 0 Å². The van der Waals surface area contributed by atoms with Gasteiger partial charge < -0.3 is 10.2 Å². The summed E-state index contributed by atoms with van der Waals surface area (Å²) in [4.78, 5) is 0. The van der Waals surface area contributed by atoms with Gasteiger partial charge in [0, 0.05) is 5.92 Å². The van der Waals surface area contributed by atoms with Crippen LogP contribution in [-0.4, -0.2) is 10.2 Å². The second kappa shape index (κ2) is 2.79. The number of aromatic nitrogens is 2. The summed E-state index contributed by atoms with van der Waals surface area (Å²) in [7, 11) is 0. The van der Waals surface area contributed by atoms with Gasteiger partial charge in [-0.25, -0.2) is 0 Å². The van der Waals surface area contributed by atoms with Crippen LogP contribution in [0.4, 0.5) is 0 Å². The Labute approximate surface area is 59.4 Å². The van der Waals surface area contributed by atoms with E-state index in [-0.39, 0.29) is 5.92 Å². The fourth-order valence-electron chi connectivity index (χ4n) is 0.582. The Morgan fingerprint density at radius 1 is 1.50 bits per heavy atom. The van der Waals surface area contributed by atoms with Crippen molar-refractivity contribution >= 4 is 0 Å². The average Bonchev–Trinajstić information content (AvgIpc) is 2.34. The van der Waals surface area contributed by atoms with Crippen molar-refractivity contribution in [1.82, 2.24) is 10.2 Å². The van der Waals surface area contributed by atoms with Crippen LogP contribution in [-0.2, 0) is 6.54 Å². The van der Waals surface area contributed by atoms with Gasteiger partial charge in [0.1, 0.15) is 0 Å². The Bertz CT molecular complexity index is 207. The van der Waals surface area contributed by atoms with Crippen molar-refractivity contribution < 1.29 is 4.42 Å². The molecule has 4 heteroatoms. The predicted octanol–water partition coefficient (Wildman–Crippen LogP) is 0.652. The van der Waals surface area contributed by atoms with E-state index in [4.69, 9.17) is 10.2 Å². The summed E-state index contributed by atoms with van der Waals surface area (Å²) in [5.41, 5.74) is 5.27. The quantitative estimate of drug-likeness (QED) is 0.656. The van der Waals surface area contributed by atoms with E-state index in [0.717, 1.165) is 0 Å². The minimum absolute atomic E-state index is 0.285. The van der Waals surface area contributed by atoms with E-state index in [1.54, 1.807) is 0 Å². The van der Waals surface area contributed by atoms with Gasteiger partial charge in [-0.2, -0.15) is 0 Å². The van der Waals surface area contributed by atoms with Gasteiger partial charge in [-0.1, -0.05) is 13.8 Å². The summed E-state index contributed by atoms with van der Waals surface area (Å²) in [6, 6.07) is 0. The molecule has 0 radical (unpaired) electrons. The first-order valence-corrected chi connectivity index (χ1v) is 3.26. The summed E-state index contributed by atoms with van der Waals surface area (Å²) in [6.45, 7) is 4.31. The van der Waals surface area contributed by atoms with E-state index in [0.29, 0.717) is 18.3 Å². The second-order valence-electron chi connectivity index (χ2n) is 2.39. The number of nitrogens with zero attached hydrogens (tertiary/aromatic N) is 2. The van der Waals surface area contributed by atoms with E-state index in [9.17, 15) is 0 Å². The van der Waals surface area contributed by atoms with Gasteiger partial charge in [0.2, 0.25) is 11.8 Å². The molecule has 1 aromatic heterocycles. The molecule has 10 heavy (non-hydrogen) atoms. The number of nitrogens with two attached hydrogens (primary N) is 1. The molecule has 1 heterocycles. The zero-order valence-electron chi connectivity index (χ0n) is 6.16. The molecule has 0 aliphatic heterocycles. The molecule has 0 fully saturated rings. The zero-order chi connectivity index (χ0) is 7.56. The summed E-state index contributed by atoms with van der Waals surface area (Å²) in [6.07, 6.45) is 0. The molecule has 0 atom stereocenters. The molecule has 0 aromatic carbocycles. The smallest absolute Gasteiger partial charge is 0.230 e. The summed E-state index contributed by atoms with van der Waals surface area (Å²) < 4.78 is 5.15. The van der Waals surface area contributed by atoms with Crippen LogP contribution in [0.1, 0.15) is 31.5 Å². The van der Waals surface area contributed by atoms with E-state index in [1.807, 2.05) is 13.8 Å². The number of hydrogen-bond donors (Lipinski definition) is 1. The maximum Gasteiger partial charge on any atom is 0.230 e. The molecule has 0 saturated carbocycles. The molecule has 0 spiro atoms. The maximum atomic E-state index is 5.27. The summed E-state index contributed by atoms with van der Waals surface area (Å²) >= 11 is 0. The van der Waals surface area contributed by atoms with Crippen molar-refractivity contribution in [3.63, 3.8) is 0 Å². The average molecular weight is 141 g/mol. The second-order valence-corrected chi connectivity index (χ2v) is 2.39. The Balaban J connectivity index is 2.78. The molecular formula is C6H11N3O. The van der Waals surface area contributed by atoms with E-state index >= 15 is 0 Å². The van der Waals surface area contributed by atoms with Gasteiger partial charge in [0.25, 0.3) is 0 Å². The highest BCUT2D eigenvalue weighted by Gasteiger charge is 2.06. The molecule has 56 valence electrons. The highest BCUT2D eigenvalue weighted by molar-refractivity contribution is 4.86. The van der Waals surface area contributed by atoms with Crippen LogP contribution in [0, 0.1) is 0 Å². The standard InChI is InChI=1S/C6H11N3O/c1-4(2)6-9-8-5(3-7)10-6/h4H,3,7H2,1-2H3. The van der Waals surface area contributed by atoms with Crippen molar-refractivity contribution in [2.45, 2.75) is 26.3 Å². The summed E-state index contributed by atoms with van der Waals surface area (Å²) in [5, 5.41) is 7.50. The summed E-state index contributed by atoms with van der Waals surface area (Å²) in [5.74, 6) is 1.44. The lowest BCUT2D eigenvalue weighted by Gasteiger charge is -1.92. The number of rotatable bonds is 2. The van der Waals surface area contributed by atoms with Crippen LogP contribution >= 0.6 is 0 Å². The maximum absolute atomic E-state index is 5.27. The third-order valence-corrected chi connectivity index (χ3v) is 1.15. The topological polar surface area (TPSA) is 64.9 Å². The molecule has 2 N–H and O–H groups in total. The first kappa shape index (κ1) is 7.21. The van der Waals surface area contributed by atoms with Gasteiger partial charge in [-0.05, 0) is 0 Å². The highest BCUT2D eigenvalue weighted by Crippen LogP contribution is 2.10. The highest BCUT2D eigenvalue weighted by atomic mass is 16.4. The third kappa shape index (κ3) is 1.33. The molecule has 0 bridgehead atoms. The van der Waals surface area contributed by atoms with E-state index in [1.165, 1.54) is 0 Å². The molecule has 0 saturated heterocycles. The van der Waals surface area contributed by atoms with Gasteiger partial charge >= 0.3 is 0 Å². The molecule has 4 nitrogen and oxygen atoms in total. The minimum atomic E-state index is 0.285. The molecule has 0 unspecified atom stereocenters. The van der Waals surface area contributed by atoms with Crippen molar-refractivity contribution in [3.05, 3.63) is 11.8 Å². The molecule has 0 aliphatic carbocycles. The van der Waals surface area contributed by atoms with Crippen molar-refractivity contribution in [2.24, 2.45) is 5.73 Å². The van der Waals surface area contributed by atoms with E-state index in [2.05, 4.69) is 10.2 Å². The normalized spacial score (nSPS) is 10.8. The van der Waals surface area contributed by atoms with Crippen molar-refractivity contribution in [2.75, 3.05) is 0 Å². The Morgan fingerprint density at radius 2 is 2.20 bits per heavy atom. The van der Waals surface area contributed by atoms with Gasteiger partial charge in [0.15, 0.2) is 0 Å². The monoisotopic (exact) mass is 141 g/mol. The first-order valence-electron chi connectivity index (χ1n) is 3.26. The SMILES string of the molecule is CC(C)c1nnc(CN)o1. The Hall–Kier alpha value is -0.900.